The van der Waals surface area contributed by atoms with E-state index in [-0.39, 0.29) is 12.5 Å². The molecule has 0 aliphatic rings. The Morgan fingerprint density at radius 1 is 0.963 bits per heavy atom. The highest BCUT2D eigenvalue weighted by Crippen LogP contribution is 2.18. The van der Waals surface area contributed by atoms with Crippen molar-refractivity contribution in [2.45, 2.75) is 0 Å². The van der Waals surface area contributed by atoms with Gasteiger partial charge in [0.2, 0.25) is 0 Å². The van der Waals surface area contributed by atoms with Crippen molar-refractivity contribution < 1.29 is 9.53 Å². The first-order valence-corrected chi connectivity index (χ1v) is 8.60. The molecule has 0 radical (unpaired) electrons. The molecule has 2 N–H and O–H groups in total. The number of hydrogen-bond acceptors (Lipinski definition) is 4. The second-order valence-corrected chi connectivity index (χ2v) is 5.87. The van der Waals surface area contributed by atoms with Gasteiger partial charge in [-0.3, -0.25) is 4.79 Å². The van der Waals surface area contributed by atoms with Crippen LogP contribution in [0.3, 0.4) is 0 Å². The lowest BCUT2D eigenvalue weighted by Gasteiger charge is -2.07. The van der Waals surface area contributed by atoms with Crippen LogP contribution in [0.5, 0.6) is 5.75 Å². The van der Waals surface area contributed by atoms with Crippen molar-refractivity contribution in [3.63, 3.8) is 0 Å². The molecule has 136 valence electrons. The zero-order chi connectivity index (χ0) is 18.9. The second kappa shape index (κ2) is 9.20. The number of nitrogens with one attached hydrogen (secondary N) is 2. The summed E-state index contributed by atoms with van der Waals surface area (Å²) in [6.07, 6.45) is 1.62. The van der Waals surface area contributed by atoms with Gasteiger partial charge in [-0.25, -0.2) is 5.43 Å². The molecule has 0 saturated carbocycles. The van der Waals surface area contributed by atoms with Crippen molar-refractivity contribution >= 4 is 17.8 Å². The first-order valence-electron chi connectivity index (χ1n) is 8.60. The smallest absolute Gasteiger partial charge is 0.259 e. The summed E-state index contributed by atoms with van der Waals surface area (Å²) in [6, 6.07) is 25.5. The summed E-state index contributed by atoms with van der Waals surface area (Å²) in [4.78, 5) is 11.9. The van der Waals surface area contributed by atoms with Crippen molar-refractivity contribution in [2.24, 2.45) is 5.10 Å². The third-order valence-corrected chi connectivity index (χ3v) is 3.94. The molecular weight excluding hydrogens is 338 g/mol. The summed E-state index contributed by atoms with van der Waals surface area (Å²) in [5.74, 6) is 0.507. The van der Waals surface area contributed by atoms with Gasteiger partial charge in [0.25, 0.3) is 5.91 Å². The van der Waals surface area contributed by atoms with Crippen LogP contribution in [-0.4, -0.2) is 25.8 Å². The maximum atomic E-state index is 11.9. The zero-order valence-electron chi connectivity index (χ0n) is 15.1. The Morgan fingerprint density at radius 2 is 1.70 bits per heavy atom. The Morgan fingerprint density at radius 3 is 2.44 bits per heavy atom. The van der Waals surface area contributed by atoms with Gasteiger partial charge in [0.05, 0.1) is 19.9 Å². The Bertz CT molecular complexity index is 906. The summed E-state index contributed by atoms with van der Waals surface area (Å²) < 4.78 is 5.15. The van der Waals surface area contributed by atoms with Crippen LogP contribution in [0.4, 0.5) is 5.69 Å². The molecule has 0 spiro atoms. The molecule has 0 aliphatic carbocycles. The predicted octanol–water partition coefficient (Wildman–Crippen LogP) is 3.92. The molecule has 5 nitrogen and oxygen atoms in total. The number of nitrogens with zero attached hydrogens (tertiary/aromatic N) is 1. The molecule has 27 heavy (non-hydrogen) atoms. The van der Waals surface area contributed by atoms with Crippen LogP contribution in [0.2, 0.25) is 0 Å². The molecule has 0 aliphatic heterocycles. The Labute approximate surface area is 158 Å². The molecule has 3 rings (SSSR count). The van der Waals surface area contributed by atoms with Crippen LogP contribution < -0.4 is 15.5 Å². The van der Waals surface area contributed by atoms with Crippen LogP contribution >= 0.6 is 0 Å². The number of anilines is 1. The first kappa shape index (κ1) is 18.2. The Hall–Kier alpha value is -3.60. The van der Waals surface area contributed by atoms with Crippen LogP contribution in [0.1, 0.15) is 5.56 Å². The van der Waals surface area contributed by atoms with E-state index in [9.17, 15) is 4.79 Å². The van der Waals surface area contributed by atoms with Crippen molar-refractivity contribution in [3.8, 4) is 16.9 Å². The fourth-order valence-corrected chi connectivity index (χ4v) is 2.53. The number of hydrazone groups is 1. The van der Waals surface area contributed by atoms with Crippen molar-refractivity contribution in [1.29, 1.82) is 0 Å². The number of benzene rings is 3. The van der Waals surface area contributed by atoms with Gasteiger partial charge in [-0.1, -0.05) is 60.7 Å². The molecule has 0 atom stereocenters. The van der Waals surface area contributed by atoms with Crippen LogP contribution in [-0.2, 0) is 4.79 Å². The third-order valence-electron chi connectivity index (χ3n) is 3.94. The van der Waals surface area contributed by atoms with Gasteiger partial charge >= 0.3 is 0 Å². The van der Waals surface area contributed by atoms with E-state index in [0.29, 0.717) is 0 Å². The lowest BCUT2D eigenvalue weighted by molar-refractivity contribution is -0.119. The van der Waals surface area contributed by atoms with E-state index in [1.165, 1.54) is 0 Å². The molecule has 0 heterocycles. The highest BCUT2D eigenvalue weighted by atomic mass is 16.5. The second-order valence-electron chi connectivity index (χ2n) is 5.87. The minimum atomic E-state index is -0.227. The van der Waals surface area contributed by atoms with Crippen LogP contribution in [0.25, 0.3) is 11.1 Å². The minimum Gasteiger partial charge on any atom is -0.497 e. The van der Waals surface area contributed by atoms with Gasteiger partial charge in [-0.15, -0.1) is 0 Å². The molecule has 0 bridgehead atoms. The predicted molar refractivity (Wildman–Crippen MR) is 109 cm³/mol. The number of amides is 1. The molecule has 0 aromatic heterocycles. The Kier molecular flexibility index (Phi) is 6.20. The summed E-state index contributed by atoms with van der Waals surface area (Å²) >= 11 is 0. The van der Waals surface area contributed by atoms with Crippen LogP contribution in [0, 0.1) is 0 Å². The fourth-order valence-electron chi connectivity index (χ4n) is 2.53. The van der Waals surface area contributed by atoms with Gasteiger partial charge in [0, 0.05) is 11.8 Å². The third kappa shape index (κ3) is 5.44. The highest BCUT2D eigenvalue weighted by molar-refractivity contribution is 5.84. The molecule has 0 fully saturated rings. The normalized spacial score (nSPS) is 10.6. The van der Waals surface area contributed by atoms with E-state index < -0.39 is 0 Å². The van der Waals surface area contributed by atoms with E-state index in [1.54, 1.807) is 13.3 Å². The summed E-state index contributed by atoms with van der Waals surface area (Å²) in [5.41, 5.74) is 6.54. The molecule has 5 heteroatoms. The van der Waals surface area contributed by atoms with Gasteiger partial charge in [0.15, 0.2) is 0 Å². The number of carbonyl (C=O) groups is 1. The number of hydrogen-bond donors (Lipinski definition) is 2. The van der Waals surface area contributed by atoms with Crippen LogP contribution in [0.15, 0.2) is 84.0 Å². The molecular formula is C22H21N3O2. The SMILES string of the molecule is COc1cccc(NCC(=O)N/N=C\c2ccc(-c3ccccc3)cc2)c1. The van der Waals surface area contributed by atoms with Gasteiger partial charge < -0.3 is 10.1 Å². The quantitative estimate of drug-likeness (QED) is 0.496. The number of ether oxygens (including phenoxy) is 1. The largest absolute Gasteiger partial charge is 0.497 e. The van der Waals surface area contributed by atoms with E-state index in [4.69, 9.17) is 4.74 Å². The molecule has 3 aromatic carbocycles. The van der Waals surface area contributed by atoms with E-state index in [2.05, 4.69) is 28.0 Å². The van der Waals surface area contributed by atoms with Gasteiger partial charge in [-0.05, 0) is 28.8 Å². The van der Waals surface area contributed by atoms with Gasteiger partial charge in [0.1, 0.15) is 5.75 Å². The van der Waals surface area contributed by atoms with Gasteiger partial charge in [-0.2, -0.15) is 5.10 Å². The maximum Gasteiger partial charge on any atom is 0.259 e. The van der Waals surface area contributed by atoms with Crippen molar-refractivity contribution in [3.05, 3.63) is 84.4 Å². The molecule has 3 aromatic rings. The molecule has 0 saturated heterocycles. The van der Waals surface area contributed by atoms with Crippen molar-refractivity contribution in [1.82, 2.24) is 5.43 Å². The lowest BCUT2D eigenvalue weighted by atomic mass is 10.0. The topological polar surface area (TPSA) is 62.7 Å². The standard InChI is InChI=1S/C22H21N3O2/c1-27-21-9-5-8-20(14-21)23-16-22(26)25-24-15-17-10-12-19(13-11-17)18-6-3-2-4-7-18/h2-15,23H,16H2,1H3,(H,25,26)/b24-15-. The lowest BCUT2D eigenvalue weighted by Crippen LogP contribution is -2.25. The van der Waals surface area contributed by atoms with E-state index in [0.717, 1.165) is 28.1 Å². The number of rotatable bonds is 7. The van der Waals surface area contributed by atoms with Crippen molar-refractivity contribution in [2.75, 3.05) is 19.0 Å². The summed E-state index contributed by atoms with van der Waals surface area (Å²) in [6.45, 7) is 0.122. The summed E-state index contributed by atoms with van der Waals surface area (Å²) in [5, 5.41) is 7.03. The first-order chi connectivity index (χ1) is 13.2. The summed E-state index contributed by atoms with van der Waals surface area (Å²) in [7, 11) is 1.60. The molecule has 0 unspecified atom stereocenters. The maximum absolute atomic E-state index is 11.9. The average molecular weight is 359 g/mol. The highest BCUT2D eigenvalue weighted by Gasteiger charge is 2.01. The number of carbonyl (C=O) groups excluding carboxylic acids is 1. The Balaban J connectivity index is 1.49. The van der Waals surface area contributed by atoms with E-state index >= 15 is 0 Å². The van der Waals surface area contributed by atoms with E-state index in [1.807, 2.05) is 66.7 Å². The zero-order valence-corrected chi connectivity index (χ0v) is 15.1. The fraction of sp³-hybridized carbons (Fsp3) is 0.0909. The number of methoxy groups -OCH3 is 1. The molecule has 1 amide bonds. The minimum absolute atomic E-state index is 0.122. The average Bonchev–Trinajstić information content (AvgIpc) is 2.73. The monoisotopic (exact) mass is 359 g/mol.